The highest BCUT2D eigenvalue weighted by Crippen LogP contribution is 2.31. The molecular weight excluding hydrogens is 272 g/mol. The van der Waals surface area contributed by atoms with Crippen molar-refractivity contribution in [2.45, 2.75) is 0 Å². The van der Waals surface area contributed by atoms with Crippen LogP contribution in [-0.2, 0) is 0 Å². The van der Waals surface area contributed by atoms with E-state index in [1.54, 1.807) is 44.6 Å². The third kappa shape index (κ3) is 2.07. The number of hydrogen-bond acceptors (Lipinski definition) is 5. The van der Waals surface area contributed by atoms with E-state index in [0.717, 1.165) is 0 Å². The minimum atomic E-state index is -0.162. The molecule has 0 aliphatic carbocycles. The lowest BCUT2D eigenvalue weighted by Gasteiger charge is -2.09. The summed E-state index contributed by atoms with van der Waals surface area (Å²) in [6.07, 6.45) is 0. The van der Waals surface area contributed by atoms with Gasteiger partial charge in [0.2, 0.25) is 5.43 Å². The van der Waals surface area contributed by atoms with E-state index in [2.05, 4.69) is 0 Å². The summed E-state index contributed by atoms with van der Waals surface area (Å²) in [5, 5.41) is 0.837. The van der Waals surface area contributed by atoms with Crippen molar-refractivity contribution in [2.75, 3.05) is 21.3 Å². The van der Waals surface area contributed by atoms with E-state index in [4.69, 9.17) is 18.6 Å². The summed E-state index contributed by atoms with van der Waals surface area (Å²) in [5.74, 6) is 1.58. The number of methoxy groups -OCH3 is 3. The maximum Gasteiger partial charge on any atom is 0.204 e. The smallest absolute Gasteiger partial charge is 0.204 e. The predicted octanol–water partition coefficient (Wildman–Crippen LogP) is 2.97. The van der Waals surface area contributed by atoms with Gasteiger partial charge in [-0.15, -0.1) is 0 Å². The van der Waals surface area contributed by atoms with Crippen molar-refractivity contribution in [3.63, 3.8) is 0 Å². The molecule has 5 heteroatoms. The van der Waals surface area contributed by atoms with Crippen LogP contribution in [0.1, 0.15) is 0 Å². The van der Waals surface area contributed by atoms with Crippen LogP contribution in [0.25, 0.3) is 21.9 Å². The van der Waals surface area contributed by atoms with Crippen LogP contribution in [0.15, 0.2) is 39.5 Å². The molecule has 3 rings (SSSR count). The highest BCUT2D eigenvalue weighted by atomic mass is 16.5. The Balaban J connectivity index is 2.47. The Labute approximate surface area is 120 Å². The van der Waals surface area contributed by atoms with Gasteiger partial charge in [0.1, 0.15) is 33.8 Å². The largest absolute Gasteiger partial charge is 0.497 e. The van der Waals surface area contributed by atoms with Gasteiger partial charge < -0.3 is 18.6 Å². The molecule has 2 aromatic carbocycles. The zero-order valence-corrected chi connectivity index (χ0v) is 11.9. The molecule has 0 fully saturated rings. The lowest BCUT2D eigenvalue weighted by molar-refractivity contribution is 0.396. The van der Waals surface area contributed by atoms with Crippen LogP contribution in [0.4, 0.5) is 0 Å². The van der Waals surface area contributed by atoms with Crippen LogP contribution in [-0.4, -0.2) is 21.3 Å². The second-order valence-corrected chi connectivity index (χ2v) is 4.50. The highest BCUT2D eigenvalue weighted by molar-refractivity contribution is 5.94. The second kappa shape index (κ2) is 5.01. The first-order valence-electron chi connectivity index (χ1n) is 6.34. The summed E-state index contributed by atoms with van der Waals surface area (Å²) < 4.78 is 21.4. The Kier molecular flexibility index (Phi) is 3.17. The summed E-state index contributed by atoms with van der Waals surface area (Å²) in [7, 11) is 4.60. The standard InChI is InChI=1S/C16H14O5/c1-18-9-4-5-12-11(6-9)16(17)15-13(20-3)7-10(19-2)8-14(15)21-12/h4-8H,1-3H3. The monoisotopic (exact) mass is 286 g/mol. The van der Waals surface area contributed by atoms with Crippen LogP contribution in [0.2, 0.25) is 0 Å². The third-order valence-corrected chi connectivity index (χ3v) is 3.37. The summed E-state index contributed by atoms with van der Waals surface area (Å²) >= 11 is 0. The van der Waals surface area contributed by atoms with Gasteiger partial charge in [0.25, 0.3) is 0 Å². The first-order chi connectivity index (χ1) is 10.2. The zero-order valence-electron chi connectivity index (χ0n) is 11.9. The molecule has 5 nitrogen and oxygen atoms in total. The van der Waals surface area contributed by atoms with Gasteiger partial charge in [0, 0.05) is 12.1 Å². The van der Waals surface area contributed by atoms with Crippen molar-refractivity contribution in [3.8, 4) is 17.2 Å². The molecule has 0 radical (unpaired) electrons. The topological polar surface area (TPSA) is 57.9 Å². The average molecular weight is 286 g/mol. The number of fused-ring (bicyclic) bond motifs is 2. The summed E-state index contributed by atoms with van der Waals surface area (Å²) in [5.41, 5.74) is 0.752. The van der Waals surface area contributed by atoms with Gasteiger partial charge in [-0.3, -0.25) is 4.79 Å². The molecular formula is C16H14O5. The Hall–Kier alpha value is -2.69. The molecule has 0 aliphatic rings. The molecule has 0 N–H and O–H groups in total. The minimum Gasteiger partial charge on any atom is -0.497 e. The van der Waals surface area contributed by atoms with Crippen LogP contribution in [0.3, 0.4) is 0 Å². The maximum absolute atomic E-state index is 12.7. The van der Waals surface area contributed by atoms with Gasteiger partial charge in [-0.1, -0.05) is 0 Å². The Morgan fingerprint density at radius 3 is 2.29 bits per heavy atom. The van der Waals surface area contributed by atoms with E-state index in [1.165, 1.54) is 7.11 Å². The molecule has 1 heterocycles. The van der Waals surface area contributed by atoms with Gasteiger partial charge in [-0.05, 0) is 18.2 Å². The van der Waals surface area contributed by atoms with E-state index >= 15 is 0 Å². The van der Waals surface area contributed by atoms with Crippen molar-refractivity contribution < 1.29 is 18.6 Å². The van der Waals surface area contributed by atoms with Gasteiger partial charge in [-0.2, -0.15) is 0 Å². The molecule has 0 saturated carbocycles. The van der Waals surface area contributed by atoms with Gasteiger partial charge in [0.15, 0.2) is 0 Å². The first kappa shape index (κ1) is 13.3. The van der Waals surface area contributed by atoms with E-state index in [0.29, 0.717) is 39.2 Å². The van der Waals surface area contributed by atoms with E-state index in [-0.39, 0.29) is 5.43 Å². The summed E-state index contributed by atoms with van der Waals surface area (Å²) in [4.78, 5) is 12.7. The number of benzene rings is 2. The Morgan fingerprint density at radius 1 is 0.857 bits per heavy atom. The van der Waals surface area contributed by atoms with Crippen molar-refractivity contribution in [1.82, 2.24) is 0 Å². The lowest BCUT2D eigenvalue weighted by Crippen LogP contribution is -2.04. The molecule has 3 aromatic rings. The third-order valence-electron chi connectivity index (χ3n) is 3.37. The predicted molar refractivity (Wildman–Crippen MR) is 79.6 cm³/mol. The molecule has 0 saturated heterocycles. The molecule has 0 amide bonds. The lowest BCUT2D eigenvalue weighted by atomic mass is 10.1. The molecule has 0 bridgehead atoms. The van der Waals surface area contributed by atoms with Crippen LogP contribution < -0.4 is 19.6 Å². The summed E-state index contributed by atoms with van der Waals surface area (Å²) in [6.45, 7) is 0. The van der Waals surface area contributed by atoms with E-state index < -0.39 is 0 Å². The van der Waals surface area contributed by atoms with Gasteiger partial charge in [0.05, 0.1) is 26.7 Å². The van der Waals surface area contributed by atoms with E-state index in [1.807, 2.05) is 0 Å². The SMILES string of the molecule is COc1cc(OC)c2c(=O)c3cc(OC)ccc3oc2c1. The van der Waals surface area contributed by atoms with E-state index in [9.17, 15) is 4.79 Å². The van der Waals surface area contributed by atoms with Gasteiger partial charge >= 0.3 is 0 Å². The van der Waals surface area contributed by atoms with Crippen molar-refractivity contribution >= 4 is 21.9 Å². The normalized spacial score (nSPS) is 10.8. The number of ether oxygens (including phenoxy) is 3. The number of hydrogen-bond donors (Lipinski definition) is 0. The molecule has 0 unspecified atom stereocenters. The van der Waals surface area contributed by atoms with Crippen molar-refractivity contribution in [3.05, 3.63) is 40.6 Å². The zero-order chi connectivity index (χ0) is 15.0. The highest BCUT2D eigenvalue weighted by Gasteiger charge is 2.14. The fraction of sp³-hybridized carbons (Fsp3) is 0.188. The van der Waals surface area contributed by atoms with Crippen molar-refractivity contribution in [1.29, 1.82) is 0 Å². The Morgan fingerprint density at radius 2 is 1.62 bits per heavy atom. The van der Waals surface area contributed by atoms with Gasteiger partial charge in [-0.25, -0.2) is 0 Å². The maximum atomic E-state index is 12.7. The Bertz CT molecular complexity index is 879. The van der Waals surface area contributed by atoms with Crippen LogP contribution in [0.5, 0.6) is 17.2 Å². The minimum absolute atomic E-state index is 0.162. The van der Waals surface area contributed by atoms with Crippen LogP contribution >= 0.6 is 0 Å². The fourth-order valence-electron chi connectivity index (χ4n) is 2.30. The first-order valence-corrected chi connectivity index (χ1v) is 6.34. The molecule has 0 atom stereocenters. The molecule has 1 aromatic heterocycles. The van der Waals surface area contributed by atoms with Crippen LogP contribution in [0, 0.1) is 0 Å². The average Bonchev–Trinajstić information content (AvgIpc) is 2.53. The van der Waals surface area contributed by atoms with Crippen molar-refractivity contribution in [2.24, 2.45) is 0 Å². The molecule has 21 heavy (non-hydrogen) atoms. The molecule has 0 aliphatic heterocycles. The quantitative estimate of drug-likeness (QED) is 0.693. The molecule has 0 spiro atoms. The second-order valence-electron chi connectivity index (χ2n) is 4.50. The molecule has 108 valence electrons. The fourth-order valence-corrected chi connectivity index (χ4v) is 2.30. The number of rotatable bonds is 3. The summed E-state index contributed by atoms with van der Waals surface area (Å²) in [6, 6.07) is 8.44.